The highest BCUT2D eigenvalue weighted by molar-refractivity contribution is 7.92. The van der Waals surface area contributed by atoms with Gasteiger partial charge < -0.3 is 5.32 Å². The lowest BCUT2D eigenvalue weighted by atomic mass is 10.1. The molecule has 9 heteroatoms. The first-order valence-electron chi connectivity index (χ1n) is 8.27. The number of hydrogen-bond donors (Lipinski definition) is 2. The summed E-state index contributed by atoms with van der Waals surface area (Å²) in [4.78, 5) is 12.3. The van der Waals surface area contributed by atoms with Crippen LogP contribution in [0, 0.1) is 0 Å². The lowest BCUT2D eigenvalue weighted by Gasteiger charge is -2.15. The van der Waals surface area contributed by atoms with Crippen LogP contribution < -0.4 is 10.0 Å². The van der Waals surface area contributed by atoms with E-state index in [0.29, 0.717) is 0 Å². The van der Waals surface area contributed by atoms with Gasteiger partial charge in [-0.3, -0.25) is 9.52 Å². The molecule has 0 aliphatic rings. The van der Waals surface area contributed by atoms with Crippen LogP contribution in [0.4, 0.5) is 5.69 Å². The van der Waals surface area contributed by atoms with Crippen molar-refractivity contribution in [3.63, 3.8) is 0 Å². The van der Waals surface area contributed by atoms with Crippen molar-refractivity contribution < 1.29 is 21.6 Å². The summed E-state index contributed by atoms with van der Waals surface area (Å²) in [7, 11) is -7.41. The summed E-state index contributed by atoms with van der Waals surface area (Å²) >= 11 is 0. The maximum atomic E-state index is 12.6. The van der Waals surface area contributed by atoms with Crippen molar-refractivity contribution in [2.24, 2.45) is 0 Å². The third kappa shape index (κ3) is 5.30. The second-order valence-corrected chi connectivity index (χ2v) is 9.88. The van der Waals surface area contributed by atoms with Gasteiger partial charge in [0.1, 0.15) is 0 Å². The highest BCUT2D eigenvalue weighted by Gasteiger charge is 2.20. The van der Waals surface area contributed by atoms with Crippen LogP contribution in [0.5, 0.6) is 0 Å². The minimum atomic E-state index is -3.99. The number of nitrogens with one attached hydrogen (secondary N) is 2. The molecule has 146 valence electrons. The molecule has 2 aromatic rings. The summed E-state index contributed by atoms with van der Waals surface area (Å²) in [5, 5.41) is 2.80. The van der Waals surface area contributed by atoms with Gasteiger partial charge in [-0.2, -0.15) is 0 Å². The number of carbonyl (C=O) groups is 1. The van der Waals surface area contributed by atoms with Crippen LogP contribution in [-0.2, 0) is 19.9 Å². The Bertz CT molecular complexity index is 1030. The first-order chi connectivity index (χ1) is 12.5. The predicted molar refractivity (Wildman–Crippen MR) is 104 cm³/mol. The fourth-order valence-corrected chi connectivity index (χ4v) is 3.95. The molecule has 0 heterocycles. The van der Waals surface area contributed by atoms with E-state index in [9.17, 15) is 21.6 Å². The summed E-state index contributed by atoms with van der Waals surface area (Å²) in [5.74, 6) is -0.380. The molecule has 1 atom stereocenters. The van der Waals surface area contributed by atoms with Crippen LogP contribution in [0.2, 0.25) is 0 Å². The lowest BCUT2D eigenvalue weighted by Crippen LogP contribution is -2.32. The quantitative estimate of drug-likeness (QED) is 0.728. The molecule has 1 amide bonds. The summed E-state index contributed by atoms with van der Waals surface area (Å²) in [6.07, 6.45) is 1.78. The van der Waals surface area contributed by atoms with Gasteiger partial charge in [-0.05, 0) is 49.7 Å². The second kappa shape index (κ2) is 8.10. The number of sulfonamides is 1. The van der Waals surface area contributed by atoms with Crippen molar-refractivity contribution in [3.05, 3.63) is 54.1 Å². The molecule has 0 aliphatic carbocycles. The maximum absolute atomic E-state index is 12.6. The first kappa shape index (κ1) is 20.9. The van der Waals surface area contributed by atoms with E-state index in [1.54, 1.807) is 12.1 Å². The Morgan fingerprint density at radius 1 is 0.963 bits per heavy atom. The molecule has 2 N–H and O–H groups in total. The molecular weight excluding hydrogens is 388 g/mol. The molecule has 27 heavy (non-hydrogen) atoms. The van der Waals surface area contributed by atoms with Crippen LogP contribution >= 0.6 is 0 Å². The first-order valence-corrected chi connectivity index (χ1v) is 11.6. The summed E-state index contributed by atoms with van der Waals surface area (Å²) < 4.78 is 50.7. The largest absolute Gasteiger partial charge is 0.350 e. The van der Waals surface area contributed by atoms with E-state index in [1.165, 1.54) is 36.4 Å². The molecule has 7 nitrogen and oxygen atoms in total. The molecule has 0 saturated carbocycles. The van der Waals surface area contributed by atoms with E-state index < -0.39 is 19.9 Å². The Morgan fingerprint density at radius 3 is 2.07 bits per heavy atom. The Kier molecular flexibility index (Phi) is 6.27. The van der Waals surface area contributed by atoms with Crippen molar-refractivity contribution >= 4 is 31.5 Å². The molecule has 0 unspecified atom stereocenters. The van der Waals surface area contributed by atoms with Gasteiger partial charge in [0.05, 0.1) is 21.0 Å². The minimum absolute atomic E-state index is 0.0229. The Labute approximate surface area is 159 Å². The zero-order valence-electron chi connectivity index (χ0n) is 15.3. The fraction of sp³-hybridized carbons (Fsp3) is 0.278. The number of para-hydroxylation sites is 1. The number of hydrogen-bond acceptors (Lipinski definition) is 5. The normalized spacial score (nSPS) is 13.0. The molecule has 2 rings (SSSR count). The third-order valence-electron chi connectivity index (χ3n) is 3.97. The molecule has 0 aliphatic heterocycles. The summed E-state index contributed by atoms with van der Waals surface area (Å²) in [6, 6.07) is 11.1. The van der Waals surface area contributed by atoms with Gasteiger partial charge in [0.2, 0.25) is 0 Å². The van der Waals surface area contributed by atoms with Gasteiger partial charge in [-0.1, -0.05) is 19.1 Å². The van der Waals surface area contributed by atoms with Gasteiger partial charge in [0, 0.05) is 12.3 Å². The van der Waals surface area contributed by atoms with Crippen molar-refractivity contribution in [3.8, 4) is 0 Å². The lowest BCUT2D eigenvalue weighted by molar-refractivity contribution is 0.0940. The summed E-state index contributed by atoms with van der Waals surface area (Å²) in [6.45, 7) is 3.79. The number of anilines is 1. The van der Waals surface area contributed by atoms with Crippen LogP contribution in [-0.4, -0.2) is 35.0 Å². The molecule has 2 aromatic carbocycles. The fourth-order valence-electron chi connectivity index (χ4n) is 2.24. The van der Waals surface area contributed by atoms with E-state index in [4.69, 9.17) is 0 Å². The predicted octanol–water partition coefficient (Wildman–Crippen LogP) is 2.42. The van der Waals surface area contributed by atoms with Crippen LogP contribution in [0.1, 0.15) is 30.6 Å². The van der Waals surface area contributed by atoms with Gasteiger partial charge >= 0.3 is 0 Å². The van der Waals surface area contributed by atoms with E-state index >= 15 is 0 Å². The number of sulfone groups is 1. The highest BCUT2D eigenvalue weighted by atomic mass is 32.2. The minimum Gasteiger partial charge on any atom is -0.350 e. The molecule has 0 spiro atoms. The van der Waals surface area contributed by atoms with Gasteiger partial charge in [-0.15, -0.1) is 0 Å². The number of amides is 1. The smallest absolute Gasteiger partial charge is 0.261 e. The molecule has 0 radical (unpaired) electrons. The topological polar surface area (TPSA) is 109 Å². The number of rotatable bonds is 7. The maximum Gasteiger partial charge on any atom is 0.261 e. The van der Waals surface area contributed by atoms with Crippen molar-refractivity contribution in [2.75, 3.05) is 11.0 Å². The van der Waals surface area contributed by atoms with Crippen molar-refractivity contribution in [1.82, 2.24) is 5.32 Å². The molecule has 0 bridgehead atoms. The zero-order chi connectivity index (χ0) is 20.2. The molecule has 0 fully saturated rings. The molecule has 0 aromatic heterocycles. The number of benzene rings is 2. The molecule has 0 saturated heterocycles. The third-order valence-corrected chi connectivity index (χ3v) is 6.48. The molecular formula is C18H22N2O5S2. The van der Waals surface area contributed by atoms with Gasteiger partial charge in [-0.25, -0.2) is 16.8 Å². The van der Waals surface area contributed by atoms with Crippen LogP contribution in [0.25, 0.3) is 0 Å². The van der Waals surface area contributed by atoms with E-state index in [-0.39, 0.29) is 33.0 Å². The Hall–Kier alpha value is -2.39. The average molecular weight is 411 g/mol. The van der Waals surface area contributed by atoms with E-state index in [0.717, 1.165) is 12.7 Å². The van der Waals surface area contributed by atoms with Crippen LogP contribution in [0.15, 0.2) is 58.3 Å². The number of carbonyl (C=O) groups excluding carboxylic acids is 1. The van der Waals surface area contributed by atoms with Crippen molar-refractivity contribution in [1.29, 1.82) is 0 Å². The second-order valence-electron chi connectivity index (χ2n) is 6.18. The average Bonchev–Trinajstić information content (AvgIpc) is 2.61. The van der Waals surface area contributed by atoms with E-state index in [1.807, 2.05) is 13.8 Å². The van der Waals surface area contributed by atoms with Crippen LogP contribution in [0.3, 0.4) is 0 Å². The SMILES string of the molecule is CC[C@H](C)NC(=O)c1ccccc1NS(=O)(=O)c1ccc(S(C)(=O)=O)cc1. The van der Waals surface area contributed by atoms with Gasteiger partial charge in [0.25, 0.3) is 15.9 Å². The standard InChI is InChI=1S/C18H22N2O5S2/c1-4-13(2)19-18(21)16-7-5-6-8-17(16)20-27(24,25)15-11-9-14(10-12-15)26(3,22)23/h5-13,20H,4H2,1-3H3,(H,19,21)/t13-/m0/s1. The monoisotopic (exact) mass is 410 g/mol. The Morgan fingerprint density at radius 2 is 1.52 bits per heavy atom. The van der Waals surface area contributed by atoms with E-state index in [2.05, 4.69) is 10.0 Å². The van der Waals surface area contributed by atoms with Crippen molar-refractivity contribution in [2.45, 2.75) is 36.1 Å². The highest BCUT2D eigenvalue weighted by Crippen LogP contribution is 2.21. The summed E-state index contributed by atoms with van der Waals surface area (Å²) in [5.41, 5.74) is 0.347. The zero-order valence-corrected chi connectivity index (χ0v) is 16.9. The Balaban J connectivity index is 2.32. The van der Waals surface area contributed by atoms with Gasteiger partial charge in [0.15, 0.2) is 9.84 Å².